The number of benzene rings is 2. The van der Waals surface area contributed by atoms with E-state index in [0.29, 0.717) is 0 Å². The van der Waals surface area contributed by atoms with E-state index in [1.54, 1.807) is 6.08 Å². The molecule has 0 bridgehead atoms. The summed E-state index contributed by atoms with van der Waals surface area (Å²) < 4.78 is 0. The number of aryl methyl sites for hydroxylation is 1. The monoisotopic (exact) mass is 358 g/mol. The summed E-state index contributed by atoms with van der Waals surface area (Å²) in [5, 5.41) is 34.4. The summed E-state index contributed by atoms with van der Waals surface area (Å²) in [4.78, 5) is 31.0. The molecule has 0 amide bonds. The Morgan fingerprint density at radius 1 is 0.923 bits per heavy atom. The standard InChI is InChI=1S/C11H12O2.C8H6O5/c1-2-9-3-5-10(6-4-9)7-8-11(12)13;9-6-3-4(7(10)11)1-2-5(6)8(12)13/h3-8H,2H2,1H3,(H,12,13);1-3,9H,(H,10,11)(H,12,13). The van der Waals surface area contributed by atoms with Gasteiger partial charge < -0.3 is 20.4 Å². The molecule has 26 heavy (non-hydrogen) atoms. The minimum Gasteiger partial charge on any atom is -0.507 e. The molecule has 0 aliphatic carbocycles. The molecule has 0 aromatic heterocycles. The average Bonchev–Trinajstić information content (AvgIpc) is 2.60. The molecule has 2 aromatic rings. The van der Waals surface area contributed by atoms with Crippen molar-refractivity contribution in [2.24, 2.45) is 0 Å². The van der Waals surface area contributed by atoms with Crippen LogP contribution in [0.5, 0.6) is 5.75 Å². The molecule has 0 aliphatic rings. The second kappa shape index (κ2) is 9.63. The molecule has 0 fully saturated rings. The first-order chi connectivity index (χ1) is 12.2. The van der Waals surface area contributed by atoms with Gasteiger partial charge in [-0.15, -0.1) is 0 Å². The number of carbonyl (C=O) groups is 3. The number of aromatic carboxylic acids is 2. The van der Waals surface area contributed by atoms with Crippen LogP contribution in [0.15, 0.2) is 48.5 Å². The Morgan fingerprint density at radius 2 is 1.54 bits per heavy atom. The first kappa shape index (κ1) is 20.4. The van der Waals surface area contributed by atoms with E-state index in [4.69, 9.17) is 20.4 Å². The Labute approximate surface area is 149 Å². The van der Waals surface area contributed by atoms with Crippen LogP contribution in [0.25, 0.3) is 6.08 Å². The van der Waals surface area contributed by atoms with Gasteiger partial charge in [0.05, 0.1) is 5.56 Å². The molecule has 0 unspecified atom stereocenters. The van der Waals surface area contributed by atoms with Crippen molar-refractivity contribution in [1.29, 1.82) is 0 Å². The van der Waals surface area contributed by atoms with Crippen LogP contribution in [0.2, 0.25) is 0 Å². The van der Waals surface area contributed by atoms with E-state index in [0.717, 1.165) is 36.3 Å². The number of aliphatic carboxylic acids is 1. The average molecular weight is 358 g/mol. The zero-order valence-electron chi connectivity index (χ0n) is 13.9. The maximum absolute atomic E-state index is 10.4. The van der Waals surface area contributed by atoms with Gasteiger partial charge in [-0.05, 0) is 41.8 Å². The predicted octanol–water partition coefficient (Wildman–Crippen LogP) is 3.14. The second-order valence-electron chi connectivity index (χ2n) is 5.11. The summed E-state index contributed by atoms with van der Waals surface area (Å²) in [5.41, 5.74) is 1.71. The minimum absolute atomic E-state index is 0.150. The van der Waals surface area contributed by atoms with Gasteiger partial charge in [-0.3, -0.25) is 0 Å². The highest BCUT2D eigenvalue weighted by Gasteiger charge is 2.11. The first-order valence-electron chi connectivity index (χ1n) is 7.54. The number of aromatic hydroxyl groups is 1. The molecule has 0 atom stereocenters. The molecule has 0 spiro atoms. The fourth-order valence-electron chi connectivity index (χ4n) is 1.88. The summed E-state index contributed by atoms with van der Waals surface area (Å²) in [6.07, 6.45) is 3.73. The Morgan fingerprint density at radius 3 is 1.96 bits per heavy atom. The van der Waals surface area contributed by atoms with Crippen molar-refractivity contribution in [3.05, 3.63) is 70.8 Å². The number of carboxylic acid groups (broad SMARTS) is 3. The summed E-state index contributed by atoms with van der Waals surface area (Å²) >= 11 is 0. The molecule has 7 heteroatoms. The van der Waals surface area contributed by atoms with Crippen LogP contribution >= 0.6 is 0 Å². The lowest BCUT2D eigenvalue weighted by Crippen LogP contribution is -2.00. The third-order valence-electron chi connectivity index (χ3n) is 3.28. The normalized spacial score (nSPS) is 10.0. The lowest BCUT2D eigenvalue weighted by molar-refractivity contribution is -0.131. The second-order valence-corrected chi connectivity index (χ2v) is 5.11. The highest BCUT2D eigenvalue weighted by molar-refractivity contribution is 5.94. The molecule has 0 heterocycles. The zero-order valence-corrected chi connectivity index (χ0v) is 13.9. The molecular formula is C19H18O7. The fraction of sp³-hybridized carbons (Fsp3) is 0.105. The molecule has 2 aromatic carbocycles. The molecule has 2 rings (SSSR count). The Hall–Kier alpha value is -3.61. The van der Waals surface area contributed by atoms with Gasteiger partial charge in [0.1, 0.15) is 11.3 Å². The molecule has 0 radical (unpaired) electrons. The minimum atomic E-state index is -1.30. The van der Waals surface area contributed by atoms with Gasteiger partial charge in [-0.1, -0.05) is 31.2 Å². The Balaban J connectivity index is 0.000000260. The van der Waals surface area contributed by atoms with E-state index < -0.39 is 23.7 Å². The van der Waals surface area contributed by atoms with Crippen LogP contribution in [0, 0.1) is 0 Å². The third kappa shape index (κ3) is 6.48. The molecule has 4 N–H and O–H groups in total. The molecule has 0 saturated heterocycles. The van der Waals surface area contributed by atoms with Gasteiger partial charge in [0, 0.05) is 6.08 Å². The lowest BCUT2D eigenvalue weighted by Gasteiger charge is -1.99. The number of phenols is 1. The first-order valence-corrected chi connectivity index (χ1v) is 7.54. The van der Waals surface area contributed by atoms with E-state index >= 15 is 0 Å². The maximum Gasteiger partial charge on any atom is 0.339 e. The Kier molecular flexibility index (Phi) is 7.57. The van der Waals surface area contributed by atoms with Gasteiger partial charge in [0.15, 0.2) is 0 Å². The maximum atomic E-state index is 10.4. The third-order valence-corrected chi connectivity index (χ3v) is 3.28. The SMILES string of the molecule is CCc1ccc(C=CC(=O)O)cc1.O=C(O)c1ccc(C(=O)O)c(O)c1. The fourth-order valence-corrected chi connectivity index (χ4v) is 1.88. The largest absolute Gasteiger partial charge is 0.507 e. The lowest BCUT2D eigenvalue weighted by atomic mass is 10.1. The van der Waals surface area contributed by atoms with Gasteiger partial charge in [0.25, 0.3) is 0 Å². The van der Waals surface area contributed by atoms with Crippen molar-refractivity contribution >= 4 is 24.0 Å². The van der Waals surface area contributed by atoms with Crippen LogP contribution < -0.4 is 0 Å². The van der Waals surface area contributed by atoms with Gasteiger partial charge >= 0.3 is 17.9 Å². The molecular weight excluding hydrogens is 340 g/mol. The van der Waals surface area contributed by atoms with Crippen LogP contribution in [0.1, 0.15) is 38.8 Å². The summed E-state index contributed by atoms with van der Waals surface area (Å²) in [6.45, 7) is 2.09. The van der Waals surface area contributed by atoms with Gasteiger partial charge in [0.2, 0.25) is 0 Å². The van der Waals surface area contributed by atoms with Crippen molar-refractivity contribution < 1.29 is 34.8 Å². The van der Waals surface area contributed by atoms with E-state index in [1.165, 1.54) is 5.56 Å². The molecule has 136 valence electrons. The van der Waals surface area contributed by atoms with Crippen molar-refractivity contribution in [2.75, 3.05) is 0 Å². The molecule has 0 aliphatic heterocycles. The van der Waals surface area contributed by atoms with E-state index in [1.807, 2.05) is 24.3 Å². The van der Waals surface area contributed by atoms with Crippen LogP contribution in [0.3, 0.4) is 0 Å². The zero-order chi connectivity index (χ0) is 19.7. The quantitative estimate of drug-likeness (QED) is 0.604. The van der Waals surface area contributed by atoms with E-state index in [9.17, 15) is 14.4 Å². The van der Waals surface area contributed by atoms with Crippen LogP contribution in [-0.2, 0) is 11.2 Å². The van der Waals surface area contributed by atoms with Gasteiger partial charge in [-0.25, -0.2) is 14.4 Å². The Bertz CT molecular complexity index is 820. The smallest absolute Gasteiger partial charge is 0.339 e. The van der Waals surface area contributed by atoms with E-state index in [-0.39, 0.29) is 11.1 Å². The molecule has 7 nitrogen and oxygen atoms in total. The predicted molar refractivity (Wildman–Crippen MR) is 94.5 cm³/mol. The number of carboxylic acids is 3. The summed E-state index contributed by atoms with van der Waals surface area (Å²) in [6, 6.07) is 10.9. The van der Waals surface area contributed by atoms with Crippen molar-refractivity contribution in [3.63, 3.8) is 0 Å². The van der Waals surface area contributed by atoms with E-state index in [2.05, 4.69) is 6.92 Å². The van der Waals surface area contributed by atoms with Crippen molar-refractivity contribution in [1.82, 2.24) is 0 Å². The van der Waals surface area contributed by atoms with Gasteiger partial charge in [-0.2, -0.15) is 0 Å². The topological polar surface area (TPSA) is 132 Å². The summed E-state index contributed by atoms with van der Waals surface area (Å²) in [7, 11) is 0. The summed E-state index contributed by atoms with van der Waals surface area (Å²) in [5.74, 6) is -3.98. The van der Waals surface area contributed by atoms with Crippen LogP contribution in [0.4, 0.5) is 0 Å². The number of hydrogen-bond donors (Lipinski definition) is 4. The molecule has 0 saturated carbocycles. The van der Waals surface area contributed by atoms with Crippen molar-refractivity contribution in [2.45, 2.75) is 13.3 Å². The van der Waals surface area contributed by atoms with Crippen LogP contribution in [-0.4, -0.2) is 38.3 Å². The highest BCUT2D eigenvalue weighted by Crippen LogP contribution is 2.18. The number of hydrogen-bond acceptors (Lipinski definition) is 4. The van der Waals surface area contributed by atoms with Crippen molar-refractivity contribution in [3.8, 4) is 5.75 Å². The highest BCUT2D eigenvalue weighted by atomic mass is 16.4. The number of rotatable bonds is 5.